The predicted molar refractivity (Wildman–Crippen MR) is 73.7 cm³/mol. The van der Waals surface area contributed by atoms with Crippen LogP contribution >= 0.6 is 11.8 Å². The number of imidazole rings is 1. The Kier molecular flexibility index (Phi) is 3.02. The number of rotatable bonds is 3. The van der Waals surface area contributed by atoms with E-state index in [9.17, 15) is 0 Å². The first-order chi connectivity index (χ1) is 8.81. The van der Waals surface area contributed by atoms with Crippen LogP contribution in [0.5, 0.6) is 0 Å². The van der Waals surface area contributed by atoms with E-state index in [4.69, 9.17) is 0 Å². The van der Waals surface area contributed by atoms with Gasteiger partial charge in [0.15, 0.2) is 0 Å². The van der Waals surface area contributed by atoms with Crippen molar-refractivity contribution in [2.24, 2.45) is 0 Å². The van der Waals surface area contributed by atoms with Crippen molar-refractivity contribution >= 4 is 17.4 Å². The van der Waals surface area contributed by atoms with Gasteiger partial charge in [0.2, 0.25) is 0 Å². The van der Waals surface area contributed by atoms with E-state index < -0.39 is 0 Å². The van der Waals surface area contributed by atoms with Crippen molar-refractivity contribution in [1.82, 2.24) is 14.4 Å². The van der Waals surface area contributed by atoms with Crippen molar-refractivity contribution in [2.45, 2.75) is 17.7 Å². The summed E-state index contributed by atoms with van der Waals surface area (Å²) in [7, 11) is 0. The molecule has 90 valence electrons. The van der Waals surface area contributed by atoms with Gasteiger partial charge in [-0.25, -0.2) is 9.97 Å². The second kappa shape index (κ2) is 4.82. The van der Waals surface area contributed by atoms with Crippen molar-refractivity contribution in [3.05, 3.63) is 60.2 Å². The van der Waals surface area contributed by atoms with Gasteiger partial charge in [0, 0.05) is 24.3 Å². The van der Waals surface area contributed by atoms with Gasteiger partial charge in [0.1, 0.15) is 5.65 Å². The third kappa shape index (κ3) is 2.38. The fourth-order valence-electron chi connectivity index (χ4n) is 1.74. The number of nitrogens with zero attached hydrogens (tertiary/aromatic N) is 3. The molecule has 0 amide bonds. The Labute approximate surface area is 110 Å². The Morgan fingerprint density at radius 2 is 2.17 bits per heavy atom. The molecule has 0 saturated carbocycles. The number of fused-ring (bicyclic) bond motifs is 1. The van der Waals surface area contributed by atoms with E-state index in [1.165, 1.54) is 5.56 Å². The Morgan fingerprint density at radius 1 is 1.22 bits per heavy atom. The number of thioether (sulfide) groups is 1. The maximum absolute atomic E-state index is 4.56. The summed E-state index contributed by atoms with van der Waals surface area (Å²) in [5.41, 5.74) is 3.26. The van der Waals surface area contributed by atoms with Crippen molar-refractivity contribution < 1.29 is 0 Å². The van der Waals surface area contributed by atoms with E-state index in [2.05, 4.69) is 28.3 Å². The van der Waals surface area contributed by atoms with Crippen molar-refractivity contribution in [3.63, 3.8) is 0 Å². The quantitative estimate of drug-likeness (QED) is 0.672. The Hall–Kier alpha value is -1.81. The number of aryl methyl sites for hydroxylation is 1. The molecule has 3 aromatic heterocycles. The highest BCUT2D eigenvalue weighted by atomic mass is 32.2. The summed E-state index contributed by atoms with van der Waals surface area (Å²) < 4.78 is 2.04. The Balaban J connectivity index is 1.74. The van der Waals surface area contributed by atoms with Crippen LogP contribution in [0.15, 0.2) is 53.9 Å². The second-order valence-corrected chi connectivity index (χ2v) is 5.16. The van der Waals surface area contributed by atoms with Gasteiger partial charge in [-0.1, -0.05) is 23.9 Å². The zero-order valence-corrected chi connectivity index (χ0v) is 10.9. The standard InChI is InChI=1S/C14H13N3S/c1-11-5-6-14(15-8-11)18-10-12-9-17-7-3-2-4-13(17)16-12/h2-9H,10H2,1H3. The molecule has 0 aromatic carbocycles. The van der Waals surface area contributed by atoms with Gasteiger partial charge in [-0.15, -0.1) is 0 Å². The summed E-state index contributed by atoms with van der Waals surface area (Å²) in [6.07, 6.45) is 5.98. The summed E-state index contributed by atoms with van der Waals surface area (Å²) >= 11 is 1.71. The van der Waals surface area contributed by atoms with Crippen LogP contribution in [0.3, 0.4) is 0 Å². The van der Waals surface area contributed by atoms with Gasteiger partial charge in [-0.05, 0) is 30.7 Å². The van der Waals surface area contributed by atoms with Gasteiger partial charge in [0.05, 0.1) is 10.7 Å². The number of pyridine rings is 2. The van der Waals surface area contributed by atoms with Crippen molar-refractivity contribution in [2.75, 3.05) is 0 Å². The van der Waals surface area contributed by atoms with E-state index in [-0.39, 0.29) is 0 Å². The van der Waals surface area contributed by atoms with Gasteiger partial charge < -0.3 is 4.40 Å². The van der Waals surface area contributed by atoms with Gasteiger partial charge in [-0.3, -0.25) is 0 Å². The van der Waals surface area contributed by atoms with E-state index in [1.54, 1.807) is 11.8 Å². The van der Waals surface area contributed by atoms with E-state index in [0.29, 0.717) is 0 Å². The molecule has 4 heteroatoms. The van der Waals surface area contributed by atoms with Crippen molar-refractivity contribution in [1.29, 1.82) is 0 Å². The van der Waals surface area contributed by atoms with Crippen LogP contribution in [0.2, 0.25) is 0 Å². The molecule has 0 radical (unpaired) electrons. The normalized spacial score (nSPS) is 10.9. The zero-order valence-electron chi connectivity index (χ0n) is 10.1. The molecule has 18 heavy (non-hydrogen) atoms. The first kappa shape index (κ1) is 11.3. The first-order valence-electron chi connectivity index (χ1n) is 5.79. The molecule has 0 N–H and O–H groups in total. The fourth-order valence-corrected chi connectivity index (χ4v) is 2.47. The molecule has 0 saturated heterocycles. The molecule has 3 aromatic rings. The number of aromatic nitrogens is 3. The molecule has 3 nitrogen and oxygen atoms in total. The summed E-state index contributed by atoms with van der Waals surface area (Å²) in [5, 5.41) is 1.04. The molecule has 0 unspecified atom stereocenters. The molecule has 0 spiro atoms. The highest BCUT2D eigenvalue weighted by Crippen LogP contribution is 2.20. The molecule has 3 rings (SSSR count). The molecular weight excluding hydrogens is 242 g/mol. The van der Waals surface area contributed by atoms with Crippen molar-refractivity contribution in [3.8, 4) is 0 Å². The zero-order chi connectivity index (χ0) is 12.4. The summed E-state index contributed by atoms with van der Waals surface area (Å²) in [6, 6.07) is 10.2. The predicted octanol–water partition coefficient (Wildman–Crippen LogP) is 3.33. The van der Waals surface area contributed by atoms with Crippen LogP contribution in [0.1, 0.15) is 11.3 Å². The monoisotopic (exact) mass is 255 g/mol. The summed E-state index contributed by atoms with van der Waals surface area (Å²) in [6.45, 7) is 2.05. The lowest BCUT2D eigenvalue weighted by Crippen LogP contribution is -1.83. The number of hydrogen-bond acceptors (Lipinski definition) is 3. The minimum absolute atomic E-state index is 0.845. The lowest BCUT2D eigenvalue weighted by atomic mass is 10.3. The molecule has 0 atom stereocenters. The van der Waals surface area contributed by atoms with Gasteiger partial charge in [-0.2, -0.15) is 0 Å². The average molecular weight is 255 g/mol. The molecule has 0 aliphatic heterocycles. The maximum Gasteiger partial charge on any atom is 0.137 e. The molecule has 3 heterocycles. The lowest BCUT2D eigenvalue weighted by Gasteiger charge is -1.98. The average Bonchev–Trinajstić information content (AvgIpc) is 2.81. The molecule has 0 bridgehead atoms. The minimum atomic E-state index is 0.845. The highest BCUT2D eigenvalue weighted by molar-refractivity contribution is 7.98. The fraction of sp³-hybridized carbons (Fsp3) is 0.143. The van der Waals surface area contributed by atoms with E-state index in [0.717, 1.165) is 22.1 Å². The maximum atomic E-state index is 4.56. The Morgan fingerprint density at radius 3 is 2.94 bits per heavy atom. The van der Waals surface area contributed by atoms with Crippen LogP contribution in [0.25, 0.3) is 5.65 Å². The van der Waals surface area contributed by atoms with Crippen LogP contribution in [-0.2, 0) is 5.75 Å². The van der Waals surface area contributed by atoms with E-state index in [1.807, 2.05) is 41.9 Å². The third-order valence-corrected chi connectivity index (χ3v) is 3.64. The van der Waals surface area contributed by atoms with Crippen LogP contribution in [-0.4, -0.2) is 14.4 Å². The first-order valence-corrected chi connectivity index (χ1v) is 6.78. The molecular formula is C14H13N3S. The summed E-state index contributed by atoms with van der Waals surface area (Å²) in [5.74, 6) is 0.845. The second-order valence-electron chi connectivity index (χ2n) is 4.16. The highest BCUT2D eigenvalue weighted by Gasteiger charge is 2.02. The van der Waals surface area contributed by atoms with Crippen LogP contribution in [0, 0.1) is 6.92 Å². The molecule has 0 aliphatic rings. The van der Waals surface area contributed by atoms with Gasteiger partial charge >= 0.3 is 0 Å². The van der Waals surface area contributed by atoms with Crippen LogP contribution in [0.4, 0.5) is 0 Å². The smallest absolute Gasteiger partial charge is 0.137 e. The SMILES string of the molecule is Cc1ccc(SCc2cn3ccccc3n2)nc1. The largest absolute Gasteiger partial charge is 0.307 e. The lowest BCUT2D eigenvalue weighted by molar-refractivity contribution is 1.10. The topological polar surface area (TPSA) is 30.2 Å². The summed E-state index contributed by atoms with van der Waals surface area (Å²) in [4.78, 5) is 8.94. The minimum Gasteiger partial charge on any atom is -0.307 e. The van der Waals surface area contributed by atoms with Crippen LogP contribution < -0.4 is 0 Å². The number of hydrogen-bond donors (Lipinski definition) is 0. The molecule has 0 fully saturated rings. The third-order valence-electron chi connectivity index (χ3n) is 2.67. The van der Waals surface area contributed by atoms with Gasteiger partial charge in [0.25, 0.3) is 0 Å². The van der Waals surface area contributed by atoms with E-state index >= 15 is 0 Å². The Bertz CT molecular complexity index is 625. The molecule has 0 aliphatic carbocycles.